The van der Waals surface area contributed by atoms with Crippen LogP contribution >= 0.6 is 0 Å². The number of nitrogens with zero attached hydrogens (tertiary/aromatic N) is 1. The van der Waals surface area contributed by atoms with E-state index < -0.39 is 0 Å². The zero-order chi connectivity index (χ0) is 15.8. The van der Waals surface area contributed by atoms with Crippen LogP contribution in [0.5, 0.6) is 0 Å². The highest BCUT2D eigenvalue weighted by molar-refractivity contribution is 5.91. The molecule has 0 radical (unpaired) electrons. The lowest BCUT2D eigenvalue weighted by atomic mass is 10.2. The van der Waals surface area contributed by atoms with Crippen molar-refractivity contribution < 1.29 is 9.18 Å². The molecule has 0 spiro atoms. The fourth-order valence-electron chi connectivity index (χ4n) is 2.07. The van der Waals surface area contributed by atoms with E-state index in [4.69, 9.17) is 0 Å². The van der Waals surface area contributed by atoms with Gasteiger partial charge in [-0.25, -0.2) is 4.39 Å². The zero-order valence-corrected chi connectivity index (χ0v) is 12.3. The summed E-state index contributed by atoms with van der Waals surface area (Å²) in [5, 5.41) is 0. The molecular weight excluding hydrogens is 277 g/mol. The van der Waals surface area contributed by atoms with Crippen LogP contribution in [-0.4, -0.2) is 17.4 Å². The highest BCUT2D eigenvalue weighted by atomic mass is 19.1. The largest absolute Gasteiger partial charge is 0.331 e. The molecule has 0 unspecified atom stereocenters. The van der Waals surface area contributed by atoms with Crippen molar-refractivity contribution >= 4 is 12.0 Å². The Labute approximate surface area is 130 Å². The van der Waals surface area contributed by atoms with E-state index in [1.165, 1.54) is 18.2 Å². The minimum atomic E-state index is -0.343. The van der Waals surface area contributed by atoms with Gasteiger partial charge in [-0.15, -0.1) is 6.58 Å². The second-order valence-corrected chi connectivity index (χ2v) is 4.85. The Hall–Kier alpha value is -2.68. The maximum absolute atomic E-state index is 13.5. The first-order valence-electron chi connectivity index (χ1n) is 7.07. The summed E-state index contributed by atoms with van der Waals surface area (Å²) < 4.78 is 13.5. The average Bonchev–Trinajstić information content (AvgIpc) is 2.54. The van der Waals surface area contributed by atoms with Crippen molar-refractivity contribution in [2.24, 2.45) is 0 Å². The molecule has 0 saturated heterocycles. The van der Waals surface area contributed by atoms with Gasteiger partial charge in [-0.3, -0.25) is 4.79 Å². The molecule has 112 valence electrons. The van der Waals surface area contributed by atoms with Gasteiger partial charge in [-0.1, -0.05) is 54.6 Å². The quantitative estimate of drug-likeness (QED) is 0.581. The average molecular weight is 295 g/mol. The molecule has 1 amide bonds. The third-order valence-corrected chi connectivity index (χ3v) is 3.19. The predicted octanol–water partition coefficient (Wildman–Crippen LogP) is 4.05. The molecule has 0 heterocycles. The van der Waals surface area contributed by atoms with E-state index >= 15 is 0 Å². The summed E-state index contributed by atoms with van der Waals surface area (Å²) >= 11 is 0. The monoisotopic (exact) mass is 295 g/mol. The fourth-order valence-corrected chi connectivity index (χ4v) is 2.07. The Kier molecular flexibility index (Phi) is 5.66. The molecule has 2 rings (SSSR count). The van der Waals surface area contributed by atoms with E-state index in [9.17, 15) is 9.18 Å². The van der Waals surface area contributed by atoms with Crippen molar-refractivity contribution in [3.05, 3.63) is 90.3 Å². The van der Waals surface area contributed by atoms with Crippen LogP contribution in [0.25, 0.3) is 6.08 Å². The lowest BCUT2D eigenvalue weighted by Gasteiger charge is -2.19. The summed E-state index contributed by atoms with van der Waals surface area (Å²) in [7, 11) is 0. The van der Waals surface area contributed by atoms with Crippen molar-refractivity contribution in [1.29, 1.82) is 0 Å². The third kappa shape index (κ3) is 4.42. The number of carbonyl (C=O) groups is 1. The molecule has 3 heteroatoms. The van der Waals surface area contributed by atoms with E-state index in [1.54, 1.807) is 29.2 Å². The number of benzene rings is 2. The van der Waals surface area contributed by atoms with Crippen LogP contribution in [0.3, 0.4) is 0 Å². The van der Waals surface area contributed by atoms with E-state index in [0.29, 0.717) is 18.7 Å². The number of carbonyl (C=O) groups excluding carboxylic acids is 1. The number of halogens is 1. The Morgan fingerprint density at radius 2 is 1.77 bits per heavy atom. The number of hydrogen-bond acceptors (Lipinski definition) is 1. The molecular formula is C19H18FNO. The zero-order valence-electron chi connectivity index (χ0n) is 12.3. The van der Waals surface area contributed by atoms with Crippen LogP contribution in [0, 0.1) is 5.82 Å². The molecule has 0 saturated carbocycles. The van der Waals surface area contributed by atoms with Gasteiger partial charge in [0.15, 0.2) is 0 Å². The topological polar surface area (TPSA) is 20.3 Å². The van der Waals surface area contributed by atoms with Gasteiger partial charge in [-0.05, 0) is 17.7 Å². The first-order chi connectivity index (χ1) is 10.7. The van der Waals surface area contributed by atoms with Crippen LogP contribution in [0.4, 0.5) is 4.39 Å². The molecule has 2 aromatic carbocycles. The first kappa shape index (κ1) is 15.7. The van der Waals surface area contributed by atoms with E-state index in [-0.39, 0.29) is 11.7 Å². The number of amides is 1. The van der Waals surface area contributed by atoms with Gasteiger partial charge in [0.1, 0.15) is 5.82 Å². The van der Waals surface area contributed by atoms with Gasteiger partial charge in [0, 0.05) is 24.7 Å². The minimum Gasteiger partial charge on any atom is -0.331 e. The highest BCUT2D eigenvalue weighted by Crippen LogP contribution is 2.10. The van der Waals surface area contributed by atoms with Gasteiger partial charge in [0.25, 0.3) is 0 Å². The molecule has 0 atom stereocenters. The van der Waals surface area contributed by atoms with Crippen molar-refractivity contribution in [3.8, 4) is 0 Å². The molecule has 0 aromatic heterocycles. The fraction of sp³-hybridized carbons (Fsp3) is 0.105. The smallest absolute Gasteiger partial charge is 0.247 e. The van der Waals surface area contributed by atoms with E-state index in [1.807, 2.05) is 30.3 Å². The van der Waals surface area contributed by atoms with Crippen molar-refractivity contribution in [2.45, 2.75) is 6.54 Å². The summed E-state index contributed by atoms with van der Waals surface area (Å²) in [6.45, 7) is 4.61. The normalized spacial score (nSPS) is 10.6. The molecule has 0 aliphatic heterocycles. The first-order valence-corrected chi connectivity index (χ1v) is 7.07. The standard InChI is InChI=1S/C19H18FNO/c1-2-14-21(15-16-8-4-3-5-9-16)19(22)13-12-17-10-6-7-11-18(17)20/h2-13H,1,14-15H2/b13-12-. The van der Waals surface area contributed by atoms with Crippen LogP contribution in [0.15, 0.2) is 73.3 Å². The second kappa shape index (κ2) is 7.93. The summed E-state index contributed by atoms with van der Waals surface area (Å²) in [6.07, 6.45) is 4.57. The van der Waals surface area contributed by atoms with Crippen LogP contribution in [-0.2, 0) is 11.3 Å². The SMILES string of the molecule is C=CCN(Cc1ccccc1)C(=O)/C=C\c1ccccc1F. The maximum Gasteiger partial charge on any atom is 0.247 e. The van der Waals surface area contributed by atoms with Gasteiger partial charge >= 0.3 is 0 Å². The van der Waals surface area contributed by atoms with Gasteiger partial charge < -0.3 is 4.90 Å². The van der Waals surface area contributed by atoms with Crippen molar-refractivity contribution in [3.63, 3.8) is 0 Å². The summed E-state index contributed by atoms with van der Waals surface area (Å²) in [6, 6.07) is 16.1. The molecule has 22 heavy (non-hydrogen) atoms. The molecule has 0 aliphatic carbocycles. The Bertz CT molecular complexity index is 664. The van der Waals surface area contributed by atoms with Gasteiger partial charge in [0.2, 0.25) is 5.91 Å². The molecule has 2 nitrogen and oxygen atoms in total. The molecule has 0 aliphatic rings. The number of rotatable bonds is 6. The van der Waals surface area contributed by atoms with Gasteiger partial charge in [-0.2, -0.15) is 0 Å². The lowest BCUT2D eigenvalue weighted by Crippen LogP contribution is -2.29. The van der Waals surface area contributed by atoms with Crippen LogP contribution in [0.2, 0.25) is 0 Å². The van der Waals surface area contributed by atoms with Crippen molar-refractivity contribution in [1.82, 2.24) is 4.90 Å². The number of hydrogen-bond donors (Lipinski definition) is 0. The minimum absolute atomic E-state index is 0.174. The summed E-state index contributed by atoms with van der Waals surface area (Å²) in [5.74, 6) is -0.517. The third-order valence-electron chi connectivity index (χ3n) is 3.19. The molecule has 0 N–H and O–H groups in total. The van der Waals surface area contributed by atoms with E-state index in [2.05, 4.69) is 6.58 Å². The van der Waals surface area contributed by atoms with Crippen LogP contribution < -0.4 is 0 Å². The summed E-state index contributed by atoms with van der Waals surface area (Å²) in [4.78, 5) is 13.9. The molecule has 0 bridgehead atoms. The van der Waals surface area contributed by atoms with Gasteiger partial charge in [0.05, 0.1) is 0 Å². The van der Waals surface area contributed by atoms with Crippen LogP contribution in [0.1, 0.15) is 11.1 Å². The Balaban J connectivity index is 2.09. The molecule has 0 fully saturated rings. The Morgan fingerprint density at radius 1 is 1.09 bits per heavy atom. The lowest BCUT2D eigenvalue weighted by molar-refractivity contribution is -0.126. The predicted molar refractivity (Wildman–Crippen MR) is 87.5 cm³/mol. The Morgan fingerprint density at radius 3 is 2.45 bits per heavy atom. The highest BCUT2D eigenvalue weighted by Gasteiger charge is 2.09. The summed E-state index contributed by atoms with van der Waals surface area (Å²) in [5.41, 5.74) is 1.44. The van der Waals surface area contributed by atoms with E-state index in [0.717, 1.165) is 5.56 Å². The maximum atomic E-state index is 13.5. The van der Waals surface area contributed by atoms with Crippen molar-refractivity contribution in [2.75, 3.05) is 6.54 Å². The molecule has 2 aromatic rings. The second-order valence-electron chi connectivity index (χ2n) is 4.85.